The normalized spacial score (nSPS) is 29.6. The number of halogens is 1. The summed E-state index contributed by atoms with van der Waals surface area (Å²) in [5.74, 6) is 1.42. The molecule has 2 aliphatic rings. The van der Waals surface area contributed by atoms with Crippen LogP contribution >= 0.6 is 11.6 Å². The summed E-state index contributed by atoms with van der Waals surface area (Å²) in [5, 5.41) is 4.37. The highest BCUT2D eigenvalue weighted by molar-refractivity contribution is 6.30. The second-order valence-corrected chi connectivity index (χ2v) is 6.13. The molecule has 4 heteroatoms. The van der Waals surface area contributed by atoms with Crippen LogP contribution in [0.1, 0.15) is 37.8 Å². The lowest BCUT2D eigenvalue weighted by Gasteiger charge is -2.30. The largest absolute Gasteiger partial charge is 0.496 e. The molecule has 0 saturated carbocycles. The molecule has 2 fully saturated rings. The first-order chi connectivity index (χ1) is 9.72. The van der Waals surface area contributed by atoms with Crippen LogP contribution in [0.15, 0.2) is 18.2 Å². The Morgan fingerprint density at radius 1 is 1.45 bits per heavy atom. The third kappa shape index (κ3) is 2.54. The molecular formula is C16H22ClNO2. The third-order valence-electron chi connectivity index (χ3n) is 4.53. The van der Waals surface area contributed by atoms with Crippen LogP contribution in [0.5, 0.6) is 5.75 Å². The van der Waals surface area contributed by atoms with Crippen LogP contribution in [0.3, 0.4) is 0 Å². The first-order valence-corrected chi connectivity index (χ1v) is 7.83. The van der Waals surface area contributed by atoms with Crippen molar-refractivity contribution in [3.05, 3.63) is 28.8 Å². The van der Waals surface area contributed by atoms with E-state index in [9.17, 15) is 0 Å². The number of hydrogen-bond donors (Lipinski definition) is 1. The molecule has 1 N–H and O–H groups in total. The lowest BCUT2D eigenvalue weighted by atomic mass is 9.80. The van der Waals surface area contributed by atoms with Crippen molar-refractivity contribution in [2.45, 2.75) is 44.4 Å². The molecule has 2 saturated heterocycles. The van der Waals surface area contributed by atoms with Gasteiger partial charge in [0.1, 0.15) is 5.75 Å². The molecule has 1 aromatic rings. The van der Waals surface area contributed by atoms with Gasteiger partial charge in [0.05, 0.1) is 19.3 Å². The van der Waals surface area contributed by atoms with Gasteiger partial charge in [0.25, 0.3) is 0 Å². The molecule has 0 spiro atoms. The van der Waals surface area contributed by atoms with Crippen LogP contribution in [0.2, 0.25) is 5.02 Å². The van der Waals surface area contributed by atoms with Crippen LogP contribution < -0.4 is 10.1 Å². The van der Waals surface area contributed by atoms with Crippen molar-refractivity contribution < 1.29 is 9.47 Å². The van der Waals surface area contributed by atoms with Gasteiger partial charge in [-0.05, 0) is 44.0 Å². The number of rotatable bonds is 5. The quantitative estimate of drug-likeness (QED) is 0.901. The fraction of sp³-hybridized carbons (Fsp3) is 0.625. The van der Waals surface area contributed by atoms with Crippen molar-refractivity contribution >= 4 is 11.6 Å². The lowest BCUT2D eigenvalue weighted by Crippen LogP contribution is -2.34. The maximum atomic E-state index is 6.19. The van der Waals surface area contributed by atoms with Crippen molar-refractivity contribution in [3.8, 4) is 5.75 Å². The van der Waals surface area contributed by atoms with Crippen LogP contribution in [0.4, 0.5) is 0 Å². The van der Waals surface area contributed by atoms with Crippen LogP contribution in [0.25, 0.3) is 0 Å². The number of methoxy groups -OCH3 is 1. The minimum Gasteiger partial charge on any atom is -0.496 e. The summed E-state index contributed by atoms with van der Waals surface area (Å²) < 4.78 is 11.6. The smallest absolute Gasteiger partial charge is 0.123 e. The van der Waals surface area contributed by atoms with E-state index in [4.69, 9.17) is 21.1 Å². The maximum absolute atomic E-state index is 6.19. The van der Waals surface area contributed by atoms with Crippen LogP contribution in [-0.4, -0.2) is 25.9 Å². The molecule has 4 atom stereocenters. The van der Waals surface area contributed by atoms with Gasteiger partial charge < -0.3 is 14.8 Å². The van der Waals surface area contributed by atoms with Crippen molar-refractivity contribution in [1.29, 1.82) is 0 Å². The molecule has 2 aliphatic heterocycles. The molecule has 2 heterocycles. The minimum absolute atomic E-state index is 0.254. The zero-order valence-corrected chi connectivity index (χ0v) is 12.8. The second kappa shape index (κ2) is 5.92. The second-order valence-electron chi connectivity index (χ2n) is 5.70. The molecule has 0 aromatic heterocycles. The Morgan fingerprint density at radius 3 is 2.90 bits per heavy atom. The van der Waals surface area contributed by atoms with Gasteiger partial charge in [0.15, 0.2) is 0 Å². The first-order valence-electron chi connectivity index (χ1n) is 7.45. The van der Waals surface area contributed by atoms with E-state index in [-0.39, 0.29) is 6.04 Å². The van der Waals surface area contributed by atoms with Crippen molar-refractivity contribution in [2.24, 2.45) is 5.92 Å². The molecule has 1 aromatic carbocycles. The van der Waals surface area contributed by atoms with Gasteiger partial charge in [-0.25, -0.2) is 0 Å². The average Bonchev–Trinajstić information content (AvgIpc) is 3.07. The molecule has 20 heavy (non-hydrogen) atoms. The predicted octanol–water partition coefficient (Wildman–Crippen LogP) is 3.57. The van der Waals surface area contributed by atoms with Gasteiger partial charge >= 0.3 is 0 Å². The van der Waals surface area contributed by atoms with Gasteiger partial charge in [-0.3, -0.25) is 0 Å². The Balaban J connectivity index is 1.92. The summed E-state index contributed by atoms with van der Waals surface area (Å²) in [4.78, 5) is 0. The van der Waals surface area contributed by atoms with Gasteiger partial charge in [-0.15, -0.1) is 0 Å². The fourth-order valence-corrected chi connectivity index (χ4v) is 3.87. The minimum atomic E-state index is 0.254. The Bertz CT molecular complexity index is 480. The summed E-state index contributed by atoms with van der Waals surface area (Å²) in [7, 11) is 1.72. The summed E-state index contributed by atoms with van der Waals surface area (Å²) in [6.07, 6.45) is 4.37. The Kier molecular flexibility index (Phi) is 4.20. The van der Waals surface area contributed by atoms with Gasteiger partial charge in [-0.1, -0.05) is 18.5 Å². The van der Waals surface area contributed by atoms with E-state index in [1.165, 1.54) is 12.8 Å². The highest BCUT2D eigenvalue weighted by atomic mass is 35.5. The zero-order chi connectivity index (χ0) is 14.1. The first kappa shape index (κ1) is 14.2. The molecule has 110 valence electrons. The number of hydrogen-bond acceptors (Lipinski definition) is 3. The monoisotopic (exact) mass is 295 g/mol. The highest BCUT2D eigenvalue weighted by Crippen LogP contribution is 2.46. The predicted molar refractivity (Wildman–Crippen MR) is 80.4 cm³/mol. The molecule has 4 unspecified atom stereocenters. The number of fused-ring (bicyclic) bond motifs is 2. The SMILES string of the molecule is CCNC(c1cc(Cl)ccc1OC)C1CC2CCC1O2. The van der Waals surface area contributed by atoms with E-state index in [0.717, 1.165) is 29.3 Å². The van der Waals surface area contributed by atoms with E-state index in [1.54, 1.807) is 7.11 Å². The van der Waals surface area contributed by atoms with E-state index in [0.29, 0.717) is 18.1 Å². The van der Waals surface area contributed by atoms with E-state index in [2.05, 4.69) is 12.2 Å². The maximum Gasteiger partial charge on any atom is 0.123 e. The van der Waals surface area contributed by atoms with Crippen LogP contribution in [0, 0.1) is 5.92 Å². The Labute approximate surface area is 125 Å². The summed E-state index contributed by atoms with van der Waals surface area (Å²) in [5.41, 5.74) is 1.16. The standard InChI is InChI=1S/C16H22ClNO2/c1-3-18-16(13-9-11-5-7-15(13)20-11)12-8-10(17)4-6-14(12)19-2/h4,6,8,11,13,15-16,18H,3,5,7,9H2,1-2H3. The number of nitrogens with one attached hydrogen (secondary N) is 1. The average molecular weight is 296 g/mol. The van der Waals surface area contributed by atoms with Gasteiger partial charge in [-0.2, -0.15) is 0 Å². The number of ether oxygens (including phenoxy) is 2. The molecule has 2 bridgehead atoms. The zero-order valence-electron chi connectivity index (χ0n) is 12.1. The van der Waals surface area contributed by atoms with Crippen molar-refractivity contribution in [2.75, 3.05) is 13.7 Å². The number of benzene rings is 1. The molecule has 0 amide bonds. The Morgan fingerprint density at radius 2 is 2.30 bits per heavy atom. The summed E-state index contributed by atoms with van der Waals surface area (Å²) >= 11 is 6.19. The van der Waals surface area contributed by atoms with E-state index in [1.807, 2.05) is 18.2 Å². The Hall–Kier alpha value is -0.770. The molecule has 3 rings (SSSR count). The van der Waals surface area contributed by atoms with E-state index < -0.39 is 0 Å². The van der Waals surface area contributed by atoms with Crippen molar-refractivity contribution in [1.82, 2.24) is 5.32 Å². The molecular weight excluding hydrogens is 274 g/mol. The summed E-state index contributed by atoms with van der Waals surface area (Å²) in [6.45, 7) is 3.06. The fourth-order valence-electron chi connectivity index (χ4n) is 3.69. The summed E-state index contributed by atoms with van der Waals surface area (Å²) in [6, 6.07) is 6.11. The van der Waals surface area contributed by atoms with Crippen LogP contribution in [-0.2, 0) is 4.74 Å². The van der Waals surface area contributed by atoms with Gasteiger partial charge in [0, 0.05) is 22.5 Å². The highest BCUT2D eigenvalue weighted by Gasteiger charge is 2.45. The molecule has 0 aliphatic carbocycles. The molecule has 3 nitrogen and oxygen atoms in total. The van der Waals surface area contributed by atoms with Gasteiger partial charge in [0.2, 0.25) is 0 Å². The lowest BCUT2D eigenvalue weighted by molar-refractivity contribution is 0.0856. The van der Waals surface area contributed by atoms with E-state index >= 15 is 0 Å². The van der Waals surface area contributed by atoms with Crippen molar-refractivity contribution in [3.63, 3.8) is 0 Å². The molecule has 0 radical (unpaired) electrons. The topological polar surface area (TPSA) is 30.5 Å². The third-order valence-corrected chi connectivity index (χ3v) is 4.77.